The first kappa shape index (κ1) is 23.8. The Bertz CT molecular complexity index is 1240. The van der Waals surface area contributed by atoms with Crippen molar-refractivity contribution >= 4 is 21.6 Å². The number of rotatable bonds is 7. The lowest BCUT2D eigenvalue weighted by Gasteiger charge is -2.31. The second-order valence-corrected chi connectivity index (χ2v) is 10.2. The molecule has 1 aliphatic rings. The summed E-state index contributed by atoms with van der Waals surface area (Å²) in [5.74, 6) is 1.41. The molecular weight excluding hydrogens is 452 g/mol. The average molecular weight is 481 g/mol. The van der Waals surface area contributed by atoms with Gasteiger partial charge in [-0.2, -0.15) is 4.31 Å². The van der Waals surface area contributed by atoms with Crippen LogP contribution in [0.3, 0.4) is 0 Å². The van der Waals surface area contributed by atoms with E-state index >= 15 is 0 Å². The summed E-state index contributed by atoms with van der Waals surface area (Å²) >= 11 is 0. The predicted molar refractivity (Wildman–Crippen MR) is 131 cm³/mol. The molecule has 0 saturated carbocycles. The molecule has 3 aromatic carbocycles. The first-order chi connectivity index (χ1) is 16.4. The molecule has 1 amide bonds. The molecule has 178 valence electrons. The monoisotopic (exact) mass is 480 g/mol. The SMILES string of the molecule is COc1ccc(S(=O)(=O)N2CCC[C@H](C(=O)Nc3ccc(Oc4ccccc4)cc3)C2)cc1C. The summed E-state index contributed by atoms with van der Waals surface area (Å²) in [7, 11) is -2.15. The molecule has 0 radical (unpaired) electrons. The van der Waals surface area contributed by atoms with Crippen molar-refractivity contribution in [3.05, 3.63) is 78.4 Å². The zero-order valence-electron chi connectivity index (χ0n) is 19.2. The molecule has 4 rings (SSSR count). The lowest BCUT2D eigenvalue weighted by molar-refractivity contribution is -0.120. The number of nitrogens with one attached hydrogen (secondary N) is 1. The molecule has 1 fully saturated rings. The van der Waals surface area contributed by atoms with Gasteiger partial charge in [0, 0.05) is 18.8 Å². The number of benzene rings is 3. The molecule has 1 atom stereocenters. The molecule has 1 saturated heterocycles. The van der Waals surface area contributed by atoms with Gasteiger partial charge >= 0.3 is 0 Å². The Hall–Kier alpha value is -3.36. The molecule has 34 heavy (non-hydrogen) atoms. The lowest BCUT2D eigenvalue weighted by atomic mass is 9.99. The third-order valence-electron chi connectivity index (χ3n) is 5.86. The summed E-state index contributed by atoms with van der Waals surface area (Å²) in [5.41, 5.74) is 1.38. The van der Waals surface area contributed by atoms with E-state index in [1.54, 1.807) is 56.5 Å². The van der Waals surface area contributed by atoms with Crippen molar-refractivity contribution in [2.45, 2.75) is 24.7 Å². The summed E-state index contributed by atoms with van der Waals surface area (Å²) in [6.07, 6.45) is 1.25. The van der Waals surface area contributed by atoms with Crippen LogP contribution in [0.15, 0.2) is 77.7 Å². The summed E-state index contributed by atoms with van der Waals surface area (Å²) in [4.78, 5) is 13.1. The van der Waals surface area contributed by atoms with E-state index in [1.165, 1.54) is 4.31 Å². The number of sulfonamides is 1. The highest BCUT2D eigenvalue weighted by atomic mass is 32.2. The van der Waals surface area contributed by atoms with Crippen LogP contribution in [0.4, 0.5) is 5.69 Å². The van der Waals surface area contributed by atoms with Crippen LogP contribution in [0.25, 0.3) is 0 Å². The second-order valence-electron chi connectivity index (χ2n) is 8.26. The smallest absolute Gasteiger partial charge is 0.243 e. The predicted octanol–water partition coefficient (Wildman–Crippen LogP) is 4.84. The van der Waals surface area contributed by atoms with E-state index in [4.69, 9.17) is 9.47 Å². The Morgan fingerprint density at radius 1 is 1.00 bits per heavy atom. The normalized spacial score (nSPS) is 16.6. The largest absolute Gasteiger partial charge is 0.496 e. The second kappa shape index (κ2) is 10.3. The standard InChI is InChI=1S/C26H28N2O5S/c1-19-17-24(14-15-25(19)32-2)34(30,31)28-16-6-7-20(18-28)26(29)27-21-10-12-23(13-11-21)33-22-8-4-3-5-9-22/h3-5,8-15,17,20H,6-7,16,18H2,1-2H3,(H,27,29)/t20-/m0/s1. The summed E-state index contributed by atoms with van der Waals surface area (Å²) < 4.78 is 38.8. The number of hydrogen-bond acceptors (Lipinski definition) is 5. The number of carbonyl (C=O) groups is 1. The van der Waals surface area contributed by atoms with Crippen molar-refractivity contribution in [3.8, 4) is 17.2 Å². The molecule has 0 aliphatic carbocycles. The molecule has 0 bridgehead atoms. The first-order valence-corrected chi connectivity index (χ1v) is 12.6. The van der Waals surface area contributed by atoms with E-state index in [1.807, 2.05) is 30.3 Å². The molecule has 8 heteroatoms. The van der Waals surface area contributed by atoms with Crippen molar-refractivity contribution in [1.82, 2.24) is 4.31 Å². The Balaban J connectivity index is 1.40. The topological polar surface area (TPSA) is 84.9 Å². The first-order valence-electron chi connectivity index (χ1n) is 11.2. The number of para-hydroxylation sites is 1. The molecule has 0 spiro atoms. The number of anilines is 1. The van der Waals surface area contributed by atoms with Gasteiger partial charge in [0.15, 0.2) is 0 Å². The summed E-state index contributed by atoms with van der Waals surface area (Å²) in [6.45, 7) is 2.34. The summed E-state index contributed by atoms with van der Waals surface area (Å²) in [6, 6.07) is 21.4. The highest BCUT2D eigenvalue weighted by Crippen LogP contribution is 2.28. The Morgan fingerprint density at radius 3 is 2.38 bits per heavy atom. The van der Waals surface area contributed by atoms with Gasteiger partial charge in [0.25, 0.3) is 0 Å². The van der Waals surface area contributed by atoms with Gasteiger partial charge in [-0.15, -0.1) is 0 Å². The third-order valence-corrected chi connectivity index (χ3v) is 7.72. The molecule has 0 unspecified atom stereocenters. The van der Waals surface area contributed by atoms with Crippen molar-refractivity contribution in [2.24, 2.45) is 5.92 Å². The quantitative estimate of drug-likeness (QED) is 0.523. The van der Waals surface area contributed by atoms with Gasteiger partial charge in [-0.3, -0.25) is 4.79 Å². The van der Waals surface area contributed by atoms with E-state index in [0.29, 0.717) is 36.6 Å². The van der Waals surface area contributed by atoms with Crippen molar-refractivity contribution in [3.63, 3.8) is 0 Å². The highest BCUT2D eigenvalue weighted by Gasteiger charge is 2.33. The maximum atomic E-state index is 13.2. The maximum Gasteiger partial charge on any atom is 0.243 e. The van der Waals surface area contributed by atoms with Crippen LogP contribution >= 0.6 is 0 Å². The fourth-order valence-electron chi connectivity index (χ4n) is 4.01. The van der Waals surface area contributed by atoms with Crippen molar-refractivity contribution < 1.29 is 22.7 Å². The van der Waals surface area contributed by atoms with Gasteiger partial charge in [0.1, 0.15) is 17.2 Å². The zero-order valence-corrected chi connectivity index (χ0v) is 20.0. The van der Waals surface area contributed by atoms with Gasteiger partial charge in [0.05, 0.1) is 17.9 Å². The Labute approximate surface area is 200 Å². The number of aryl methyl sites for hydroxylation is 1. The molecule has 1 heterocycles. The van der Waals surface area contributed by atoms with Crippen LogP contribution in [0.1, 0.15) is 18.4 Å². The van der Waals surface area contributed by atoms with E-state index in [9.17, 15) is 13.2 Å². The molecule has 7 nitrogen and oxygen atoms in total. The lowest BCUT2D eigenvalue weighted by Crippen LogP contribution is -2.43. The Morgan fingerprint density at radius 2 is 1.71 bits per heavy atom. The minimum atomic E-state index is -3.70. The minimum Gasteiger partial charge on any atom is -0.496 e. The maximum absolute atomic E-state index is 13.2. The average Bonchev–Trinajstić information content (AvgIpc) is 2.86. The molecule has 1 aliphatic heterocycles. The number of nitrogens with zero attached hydrogens (tertiary/aromatic N) is 1. The van der Waals surface area contributed by atoms with Crippen LogP contribution in [-0.4, -0.2) is 38.8 Å². The van der Waals surface area contributed by atoms with Crippen LogP contribution in [0, 0.1) is 12.8 Å². The zero-order chi connectivity index (χ0) is 24.1. The van der Waals surface area contributed by atoms with Crippen molar-refractivity contribution in [2.75, 3.05) is 25.5 Å². The highest BCUT2D eigenvalue weighted by molar-refractivity contribution is 7.89. The van der Waals surface area contributed by atoms with Gasteiger partial charge in [-0.1, -0.05) is 18.2 Å². The van der Waals surface area contributed by atoms with Gasteiger partial charge < -0.3 is 14.8 Å². The number of methoxy groups -OCH3 is 1. The molecule has 3 aromatic rings. The van der Waals surface area contributed by atoms with Crippen LogP contribution in [-0.2, 0) is 14.8 Å². The molecule has 1 N–H and O–H groups in total. The number of ether oxygens (including phenoxy) is 2. The van der Waals surface area contributed by atoms with E-state index in [0.717, 1.165) is 11.3 Å². The third kappa shape index (κ3) is 5.40. The van der Waals surface area contributed by atoms with Crippen LogP contribution in [0.2, 0.25) is 0 Å². The van der Waals surface area contributed by atoms with Gasteiger partial charge in [-0.25, -0.2) is 8.42 Å². The fraction of sp³-hybridized carbons (Fsp3) is 0.269. The van der Waals surface area contributed by atoms with E-state index in [-0.39, 0.29) is 17.3 Å². The van der Waals surface area contributed by atoms with E-state index in [2.05, 4.69) is 5.32 Å². The number of piperidine rings is 1. The van der Waals surface area contributed by atoms with Crippen LogP contribution < -0.4 is 14.8 Å². The molecular formula is C26H28N2O5S. The fourth-order valence-corrected chi connectivity index (χ4v) is 5.62. The summed E-state index contributed by atoms with van der Waals surface area (Å²) in [5, 5.41) is 2.91. The van der Waals surface area contributed by atoms with Crippen molar-refractivity contribution in [1.29, 1.82) is 0 Å². The number of amides is 1. The van der Waals surface area contributed by atoms with E-state index < -0.39 is 15.9 Å². The molecule has 0 aromatic heterocycles. The minimum absolute atomic E-state index is 0.147. The Kier molecular flexibility index (Phi) is 7.19. The van der Waals surface area contributed by atoms with Gasteiger partial charge in [-0.05, 0) is 79.9 Å². The number of hydrogen-bond donors (Lipinski definition) is 1. The number of carbonyl (C=O) groups excluding carboxylic acids is 1. The van der Waals surface area contributed by atoms with Gasteiger partial charge in [0.2, 0.25) is 15.9 Å². The van der Waals surface area contributed by atoms with Crippen LogP contribution in [0.5, 0.6) is 17.2 Å².